The maximum Gasteiger partial charge on any atom is 0.125 e. The number of rotatable bonds is 3. The topological polar surface area (TPSA) is 49.7 Å². The van der Waals surface area contributed by atoms with Crippen molar-refractivity contribution >= 4 is 0 Å². The molecule has 0 saturated heterocycles. The third-order valence-electron chi connectivity index (χ3n) is 1.69. The molecule has 0 aliphatic heterocycles. The Bertz CT molecular complexity index is 258. The molecule has 0 unspecified atom stereocenters. The lowest BCUT2D eigenvalue weighted by Crippen LogP contribution is -1.95. The normalized spacial score (nSPS) is 9.83. The van der Waals surface area contributed by atoms with Crippen molar-refractivity contribution in [2.24, 2.45) is 0 Å². The second-order valence-electron chi connectivity index (χ2n) is 2.43. The van der Waals surface area contributed by atoms with Crippen LogP contribution in [0.2, 0.25) is 0 Å². The number of hydrogen-bond acceptors (Lipinski definition) is 3. The fourth-order valence-electron chi connectivity index (χ4n) is 1.11. The number of methoxy groups -OCH3 is 1. The maximum atomic E-state index is 9.36. The lowest BCUT2D eigenvalue weighted by molar-refractivity contribution is 0.294. The molecule has 0 aromatic heterocycles. The predicted octanol–water partition coefficient (Wildman–Crippen LogP) is 0.936. The minimum absolute atomic E-state index is 0.00787. The lowest BCUT2D eigenvalue weighted by Gasteiger charge is -2.08. The molecule has 1 aromatic rings. The summed E-state index contributed by atoms with van der Waals surface area (Å²) in [4.78, 5) is 0. The number of aromatic hydroxyl groups is 1. The summed E-state index contributed by atoms with van der Waals surface area (Å²) in [6.07, 6.45) is 0.413. The molecule has 3 heteroatoms. The van der Waals surface area contributed by atoms with Gasteiger partial charge in [-0.15, -0.1) is 0 Å². The molecule has 3 nitrogen and oxygen atoms in total. The third kappa shape index (κ3) is 1.68. The van der Waals surface area contributed by atoms with E-state index in [1.807, 2.05) is 0 Å². The van der Waals surface area contributed by atoms with Gasteiger partial charge in [-0.05, 0) is 12.1 Å². The van der Waals surface area contributed by atoms with Crippen molar-refractivity contribution in [1.29, 1.82) is 0 Å². The second-order valence-corrected chi connectivity index (χ2v) is 2.43. The summed E-state index contributed by atoms with van der Waals surface area (Å²) in [5, 5.41) is 18.1. The summed E-state index contributed by atoms with van der Waals surface area (Å²) in [7, 11) is 1.54. The molecule has 0 amide bonds. The third-order valence-corrected chi connectivity index (χ3v) is 1.69. The first-order chi connectivity index (χ1) is 5.79. The van der Waals surface area contributed by atoms with E-state index in [1.165, 1.54) is 7.11 Å². The number of aliphatic hydroxyl groups excluding tert-OH is 1. The van der Waals surface area contributed by atoms with Crippen LogP contribution in [-0.4, -0.2) is 23.9 Å². The van der Waals surface area contributed by atoms with Crippen LogP contribution in [0.15, 0.2) is 18.2 Å². The van der Waals surface area contributed by atoms with E-state index in [0.717, 1.165) is 0 Å². The number of phenolic OH excluding ortho intramolecular Hbond substituents is 1. The summed E-state index contributed by atoms with van der Waals surface area (Å²) in [6, 6.07) is 5.03. The largest absolute Gasteiger partial charge is 0.508 e. The molecular weight excluding hydrogens is 156 g/mol. The first-order valence-corrected chi connectivity index (χ1v) is 3.75. The van der Waals surface area contributed by atoms with Gasteiger partial charge in [-0.25, -0.2) is 0 Å². The Balaban J connectivity index is 3.02. The SMILES string of the molecule is COc1cccc(O)c1CCO. The van der Waals surface area contributed by atoms with E-state index in [1.54, 1.807) is 18.2 Å². The summed E-state index contributed by atoms with van der Waals surface area (Å²) in [6.45, 7) is 0.00787. The number of hydrogen-bond donors (Lipinski definition) is 2. The molecule has 0 fully saturated rings. The molecule has 0 spiro atoms. The van der Waals surface area contributed by atoms with Gasteiger partial charge in [0.05, 0.1) is 7.11 Å². The van der Waals surface area contributed by atoms with E-state index in [-0.39, 0.29) is 12.4 Å². The van der Waals surface area contributed by atoms with Crippen LogP contribution in [0.5, 0.6) is 11.5 Å². The van der Waals surface area contributed by atoms with Gasteiger partial charge in [-0.1, -0.05) is 6.07 Å². The van der Waals surface area contributed by atoms with Gasteiger partial charge < -0.3 is 14.9 Å². The fraction of sp³-hybridized carbons (Fsp3) is 0.333. The Labute approximate surface area is 71.2 Å². The minimum atomic E-state index is 0.00787. The zero-order valence-electron chi connectivity index (χ0n) is 6.95. The van der Waals surface area contributed by atoms with Gasteiger partial charge in [0.2, 0.25) is 0 Å². The first-order valence-electron chi connectivity index (χ1n) is 3.75. The first kappa shape index (κ1) is 8.87. The Morgan fingerprint density at radius 2 is 2.17 bits per heavy atom. The molecule has 66 valence electrons. The van der Waals surface area contributed by atoms with Crippen molar-refractivity contribution in [2.75, 3.05) is 13.7 Å². The van der Waals surface area contributed by atoms with E-state index < -0.39 is 0 Å². The number of phenols is 1. The van der Waals surface area contributed by atoms with Crippen LogP contribution in [0.25, 0.3) is 0 Å². The Kier molecular flexibility index (Phi) is 2.94. The Hall–Kier alpha value is -1.22. The van der Waals surface area contributed by atoms with E-state index in [9.17, 15) is 5.11 Å². The predicted molar refractivity (Wildman–Crippen MR) is 45.4 cm³/mol. The zero-order valence-corrected chi connectivity index (χ0v) is 6.95. The highest BCUT2D eigenvalue weighted by Gasteiger charge is 2.06. The van der Waals surface area contributed by atoms with Crippen LogP contribution in [0.4, 0.5) is 0 Å². The standard InChI is InChI=1S/C9H12O3/c1-12-9-4-2-3-8(11)7(9)5-6-10/h2-4,10-11H,5-6H2,1H3. The van der Waals surface area contributed by atoms with Gasteiger partial charge in [0.1, 0.15) is 11.5 Å². The molecule has 0 aliphatic rings. The molecule has 1 aromatic carbocycles. The number of benzene rings is 1. The number of ether oxygens (including phenoxy) is 1. The van der Waals surface area contributed by atoms with Gasteiger partial charge in [0, 0.05) is 18.6 Å². The molecule has 2 N–H and O–H groups in total. The van der Waals surface area contributed by atoms with Gasteiger partial charge in [0.15, 0.2) is 0 Å². The summed E-state index contributed by atoms with van der Waals surface area (Å²) < 4.78 is 5.01. The smallest absolute Gasteiger partial charge is 0.125 e. The minimum Gasteiger partial charge on any atom is -0.508 e. The van der Waals surface area contributed by atoms with Crippen molar-refractivity contribution in [3.05, 3.63) is 23.8 Å². The second kappa shape index (κ2) is 3.97. The average Bonchev–Trinajstić information content (AvgIpc) is 2.09. The van der Waals surface area contributed by atoms with E-state index in [2.05, 4.69) is 0 Å². The van der Waals surface area contributed by atoms with Crippen LogP contribution >= 0.6 is 0 Å². The highest BCUT2D eigenvalue weighted by Crippen LogP contribution is 2.27. The van der Waals surface area contributed by atoms with Crippen LogP contribution in [0.1, 0.15) is 5.56 Å². The molecule has 1 rings (SSSR count). The van der Waals surface area contributed by atoms with Crippen LogP contribution in [-0.2, 0) is 6.42 Å². The number of aliphatic hydroxyl groups is 1. The Morgan fingerprint density at radius 3 is 2.75 bits per heavy atom. The van der Waals surface area contributed by atoms with E-state index >= 15 is 0 Å². The van der Waals surface area contributed by atoms with Crippen LogP contribution in [0.3, 0.4) is 0 Å². The van der Waals surface area contributed by atoms with Crippen molar-refractivity contribution in [1.82, 2.24) is 0 Å². The molecule has 0 bridgehead atoms. The average molecular weight is 168 g/mol. The molecule has 0 atom stereocenters. The monoisotopic (exact) mass is 168 g/mol. The summed E-state index contributed by atoms with van der Waals surface area (Å²) in [5.74, 6) is 0.785. The molecule has 12 heavy (non-hydrogen) atoms. The quantitative estimate of drug-likeness (QED) is 0.706. The van der Waals surface area contributed by atoms with Gasteiger partial charge in [-0.2, -0.15) is 0 Å². The van der Waals surface area contributed by atoms with E-state index in [0.29, 0.717) is 17.7 Å². The van der Waals surface area contributed by atoms with Crippen molar-refractivity contribution in [3.63, 3.8) is 0 Å². The highest BCUT2D eigenvalue weighted by atomic mass is 16.5. The van der Waals surface area contributed by atoms with Crippen LogP contribution < -0.4 is 4.74 Å². The van der Waals surface area contributed by atoms with Crippen molar-refractivity contribution in [2.45, 2.75) is 6.42 Å². The maximum absolute atomic E-state index is 9.36. The van der Waals surface area contributed by atoms with Gasteiger partial charge in [-0.3, -0.25) is 0 Å². The highest BCUT2D eigenvalue weighted by molar-refractivity contribution is 5.43. The molecule has 0 heterocycles. The van der Waals surface area contributed by atoms with Gasteiger partial charge in [0.25, 0.3) is 0 Å². The fourth-order valence-corrected chi connectivity index (χ4v) is 1.11. The lowest BCUT2D eigenvalue weighted by atomic mass is 10.1. The van der Waals surface area contributed by atoms with E-state index in [4.69, 9.17) is 9.84 Å². The summed E-state index contributed by atoms with van der Waals surface area (Å²) >= 11 is 0. The molecule has 0 radical (unpaired) electrons. The van der Waals surface area contributed by atoms with Crippen molar-refractivity contribution < 1.29 is 14.9 Å². The Morgan fingerprint density at radius 1 is 1.42 bits per heavy atom. The van der Waals surface area contributed by atoms with Crippen molar-refractivity contribution in [3.8, 4) is 11.5 Å². The van der Waals surface area contributed by atoms with Crippen LogP contribution in [0, 0.1) is 0 Å². The molecular formula is C9H12O3. The van der Waals surface area contributed by atoms with Gasteiger partial charge >= 0.3 is 0 Å². The summed E-state index contributed by atoms with van der Waals surface area (Å²) in [5.41, 5.74) is 0.655. The molecule has 0 saturated carbocycles. The zero-order chi connectivity index (χ0) is 8.97. The molecule has 0 aliphatic carbocycles.